The first-order valence-electron chi connectivity index (χ1n) is 10.9. The Bertz CT molecular complexity index is 1310. The third-order valence-corrected chi connectivity index (χ3v) is 5.89. The fourth-order valence-corrected chi connectivity index (χ4v) is 4.30. The largest absolute Gasteiger partial charge is 0.480 e. The molecule has 2 aromatic carbocycles. The summed E-state index contributed by atoms with van der Waals surface area (Å²) in [6.45, 7) is 0.269. The van der Waals surface area contributed by atoms with Crippen LogP contribution in [0.5, 0.6) is 11.5 Å². The zero-order chi connectivity index (χ0) is 23.7. The van der Waals surface area contributed by atoms with Gasteiger partial charge in [-0.3, -0.25) is 9.69 Å². The number of carbonyl (C=O) groups is 1. The van der Waals surface area contributed by atoms with E-state index >= 15 is 4.39 Å². The number of anilines is 1. The Balaban J connectivity index is 1.47. The number of hydrogen-bond acceptors (Lipinski definition) is 7. The number of aliphatic carboxylic acids is 1. The number of rotatable bonds is 6. The number of nitrogens with zero attached hydrogens (tertiary/aromatic N) is 5. The number of ether oxygens (including phenoxy) is 1. The van der Waals surface area contributed by atoms with Gasteiger partial charge in [0, 0.05) is 18.7 Å². The molecule has 10 heteroatoms. The molecule has 0 saturated carbocycles. The molecule has 0 aliphatic carbocycles. The van der Waals surface area contributed by atoms with Crippen molar-refractivity contribution in [2.24, 2.45) is 0 Å². The van der Waals surface area contributed by atoms with Gasteiger partial charge in [-0.2, -0.15) is 5.10 Å². The van der Waals surface area contributed by atoms with Crippen LogP contribution in [-0.4, -0.2) is 61.5 Å². The molecule has 1 aliphatic rings. The van der Waals surface area contributed by atoms with E-state index in [1.807, 2.05) is 54.6 Å². The zero-order valence-electron chi connectivity index (χ0n) is 18.2. The van der Waals surface area contributed by atoms with Gasteiger partial charge in [0.15, 0.2) is 5.65 Å². The van der Waals surface area contributed by atoms with Crippen LogP contribution in [-0.2, 0) is 4.79 Å². The predicted molar refractivity (Wildman–Crippen MR) is 124 cm³/mol. The summed E-state index contributed by atoms with van der Waals surface area (Å²) in [5, 5.41) is 14.3. The van der Waals surface area contributed by atoms with Gasteiger partial charge >= 0.3 is 5.97 Å². The van der Waals surface area contributed by atoms with E-state index in [4.69, 9.17) is 20.7 Å². The molecule has 9 nitrogen and oxygen atoms in total. The molecule has 174 valence electrons. The summed E-state index contributed by atoms with van der Waals surface area (Å²) < 4.78 is 22.6. The van der Waals surface area contributed by atoms with Crippen LogP contribution in [0.1, 0.15) is 12.5 Å². The number of hydrogen-bond donors (Lipinski definition) is 2. The highest BCUT2D eigenvalue weighted by molar-refractivity contribution is 5.98. The van der Waals surface area contributed by atoms with Crippen molar-refractivity contribution in [3.05, 3.63) is 60.9 Å². The topological polar surface area (TPSA) is 119 Å². The quantitative estimate of drug-likeness (QED) is 0.447. The van der Waals surface area contributed by atoms with Crippen LogP contribution in [0.3, 0.4) is 0 Å². The molecular weight excluding hydrogens is 439 g/mol. The van der Waals surface area contributed by atoms with Crippen LogP contribution >= 0.6 is 0 Å². The number of likely N-dealkylation sites (tertiary alicyclic amines) is 1. The molecule has 3 N–H and O–H groups in total. The summed E-state index contributed by atoms with van der Waals surface area (Å²) in [6, 6.07) is 16.2. The zero-order valence-corrected chi connectivity index (χ0v) is 18.2. The Labute approximate surface area is 194 Å². The van der Waals surface area contributed by atoms with Gasteiger partial charge in [-0.15, -0.1) is 0 Å². The van der Waals surface area contributed by atoms with E-state index < -0.39 is 18.2 Å². The highest BCUT2D eigenvalue weighted by atomic mass is 19.1. The number of nitrogens with two attached hydrogens (primary N) is 1. The normalized spacial score (nSPS) is 18.7. The van der Waals surface area contributed by atoms with Gasteiger partial charge in [0.05, 0.1) is 18.0 Å². The maximum absolute atomic E-state index is 15.1. The van der Waals surface area contributed by atoms with Crippen molar-refractivity contribution in [3.8, 4) is 22.8 Å². The molecule has 0 amide bonds. The minimum atomic E-state index is -1.30. The lowest BCUT2D eigenvalue weighted by Crippen LogP contribution is -2.44. The smallest absolute Gasteiger partial charge is 0.317 e. The Morgan fingerprint density at radius 2 is 1.85 bits per heavy atom. The first-order valence-corrected chi connectivity index (χ1v) is 10.9. The third kappa shape index (κ3) is 4.27. The summed E-state index contributed by atoms with van der Waals surface area (Å²) in [5.74, 6) is 0.677. The molecular formula is C24H23FN6O3. The standard InChI is InChI=1S/C24H23FN6O3/c25-18-12-30(13-20(32)33)11-10-19(18)31-24-21(23(26)27-14-28-24)22(29-31)15-6-8-17(9-7-15)34-16-4-2-1-3-5-16/h1-9,14,18-19H,10-13H2,(H,32,33)(H2,26,27,28). The summed E-state index contributed by atoms with van der Waals surface area (Å²) in [5.41, 5.74) is 7.96. The fraction of sp³-hybridized carbons (Fsp3) is 0.250. The predicted octanol–water partition coefficient (Wildman–Crippen LogP) is 3.54. The van der Waals surface area contributed by atoms with Gasteiger partial charge in [0.25, 0.3) is 0 Å². The Kier molecular flexibility index (Phi) is 5.81. The fourth-order valence-electron chi connectivity index (χ4n) is 4.30. The molecule has 1 aliphatic heterocycles. The van der Waals surface area contributed by atoms with E-state index in [0.29, 0.717) is 35.4 Å². The van der Waals surface area contributed by atoms with Crippen LogP contribution in [0.25, 0.3) is 22.3 Å². The van der Waals surface area contributed by atoms with E-state index in [0.717, 1.165) is 11.3 Å². The molecule has 34 heavy (non-hydrogen) atoms. The molecule has 2 aromatic heterocycles. The Morgan fingerprint density at radius 3 is 2.56 bits per heavy atom. The van der Waals surface area contributed by atoms with Gasteiger partial charge in [-0.05, 0) is 42.8 Å². The second-order valence-electron chi connectivity index (χ2n) is 8.19. The SMILES string of the molecule is Nc1ncnc2c1c(-c1ccc(Oc3ccccc3)cc1)nn2C1CCN(CC(=O)O)CC1F. The van der Waals surface area contributed by atoms with Crippen molar-refractivity contribution in [1.82, 2.24) is 24.6 Å². The number of fused-ring (bicyclic) bond motifs is 1. The molecule has 2 atom stereocenters. The van der Waals surface area contributed by atoms with Crippen LogP contribution < -0.4 is 10.5 Å². The molecule has 2 unspecified atom stereocenters. The summed E-state index contributed by atoms with van der Waals surface area (Å²) in [7, 11) is 0. The van der Waals surface area contributed by atoms with Gasteiger partial charge < -0.3 is 15.6 Å². The lowest BCUT2D eigenvalue weighted by Gasteiger charge is -2.33. The van der Waals surface area contributed by atoms with Crippen molar-refractivity contribution >= 4 is 22.8 Å². The number of carboxylic acids is 1. The van der Waals surface area contributed by atoms with E-state index in [1.165, 1.54) is 6.33 Å². The first-order chi connectivity index (χ1) is 16.5. The molecule has 1 fully saturated rings. The number of piperidine rings is 1. The molecule has 0 spiro atoms. The second-order valence-corrected chi connectivity index (χ2v) is 8.19. The number of carboxylic acid groups (broad SMARTS) is 1. The number of nitrogen functional groups attached to an aromatic ring is 1. The molecule has 1 saturated heterocycles. The minimum Gasteiger partial charge on any atom is -0.480 e. The van der Waals surface area contributed by atoms with Crippen molar-refractivity contribution in [3.63, 3.8) is 0 Å². The van der Waals surface area contributed by atoms with E-state index in [-0.39, 0.29) is 18.9 Å². The molecule has 0 bridgehead atoms. The lowest BCUT2D eigenvalue weighted by atomic mass is 10.0. The summed E-state index contributed by atoms with van der Waals surface area (Å²) in [4.78, 5) is 21.1. The first kappa shape index (κ1) is 21.8. The summed E-state index contributed by atoms with van der Waals surface area (Å²) in [6.07, 6.45) is 0.434. The van der Waals surface area contributed by atoms with Gasteiger partial charge in [0.1, 0.15) is 35.5 Å². The van der Waals surface area contributed by atoms with Crippen LogP contribution in [0, 0.1) is 0 Å². The Morgan fingerprint density at radius 1 is 1.12 bits per heavy atom. The van der Waals surface area contributed by atoms with Crippen molar-refractivity contribution in [2.45, 2.75) is 18.6 Å². The van der Waals surface area contributed by atoms with Gasteiger partial charge in [0.2, 0.25) is 0 Å². The van der Waals surface area contributed by atoms with Crippen LogP contribution in [0.4, 0.5) is 10.2 Å². The van der Waals surface area contributed by atoms with Crippen molar-refractivity contribution in [1.29, 1.82) is 0 Å². The number of para-hydroxylation sites is 1. The minimum absolute atomic E-state index is 0.0136. The molecule has 3 heterocycles. The van der Waals surface area contributed by atoms with Crippen molar-refractivity contribution < 1.29 is 19.0 Å². The van der Waals surface area contributed by atoms with Gasteiger partial charge in [-0.25, -0.2) is 19.0 Å². The average Bonchev–Trinajstić information content (AvgIpc) is 3.21. The second kappa shape index (κ2) is 9.06. The summed E-state index contributed by atoms with van der Waals surface area (Å²) >= 11 is 0. The van der Waals surface area contributed by atoms with Gasteiger partial charge in [-0.1, -0.05) is 18.2 Å². The van der Waals surface area contributed by atoms with E-state index in [1.54, 1.807) is 9.58 Å². The monoisotopic (exact) mass is 462 g/mol. The molecule has 5 rings (SSSR count). The highest BCUT2D eigenvalue weighted by Gasteiger charge is 2.34. The number of aromatic nitrogens is 4. The molecule has 0 radical (unpaired) electrons. The lowest BCUT2D eigenvalue weighted by molar-refractivity contribution is -0.139. The van der Waals surface area contributed by atoms with Crippen molar-refractivity contribution in [2.75, 3.05) is 25.4 Å². The Hall–Kier alpha value is -4.05. The maximum atomic E-state index is 15.1. The third-order valence-electron chi connectivity index (χ3n) is 5.89. The van der Waals surface area contributed by atoms with E-state index in [2.05, 4.69) is 9.97 Å². The molecule has 4 aromatic rings. The number of benzene rings is 2. The van der Waals surface area contributed by atoms with E-state index in [9.17, 15) is 4.79 Å². The number of halogens is 1. The van der Waals surface area contributed by atoms with Crippen LogP contribution in [0.15, 0.2) is 60.9 Å². The maximum Gasteiger partial charge on any atom is 0.317 e. The van der Waals surface area contributed by atoms with Crippen LogP contribution in [0.2, 0.25) is 0 Å². The number of alkyl halides is 1. The highest BCUT2D eigenvalue weighted by Crippen LogP contribution is 2.35. The average molecular weight is 462 g/mol.